The molecule has 6 heteroatoms. The molecule has 0 unspecified atom stereocenters. The van der Waals surface area contributed by atoms with Crippen LogP contribution in [0.25, 0.3) is 0 Å². The van der Waals surface area contributed by atoms with Crippen molar-refractivity contribution in [2.24, 2.45) is 5.90 Å². The van der Waals surface area contributed by atoms with E-state index in [0.29, 0.717) is 18.3 Å². The molecule has 0 aliphatic carbocycles. The van der Waals surface area contributed by atoms with Crippen LogP contribution >= 0.6 is 0 Å². The number of nitrogens with two attached hydrogens (primary N) is 1. The zero-order valence-electron chi connectivity index (χ0n) is 7.52. The molecule has 2 N–H and O–H groups in total. The summed E-state index contributed by atoms with van der Waals surface area (Å²) in [6, 6.07) is 0. The predicted molar refractivity (Wildman–Crippen MR) is 43.5 cm³/mol. The first-order valence-electron chi connectivity index (χ1n) is 3.99. The minimum absolute atomic E-state index is 0.150. The molecule has 6 nitrogen and oxygen atoms in total. The molecule has 74 valence electrons. The average molecular weight is 187 g/mol. The fourth-order valence-electron chi connectivity index (χ4n) is 0.896. The van der Waals surface area contributed by atoms with Crippen molar-refractivity contribution in [3.63, 3.8) is 0 Å². The van der Waals surface area contributed by atoms with Crippen LogP contribution in [0, 0.1) is 0 Å². The second-order valence-electron chi connectivity index (χ2n) is 2.51. The highest BCUT2D eigenvalue weighted by atomic mass is 16.6. The van der Waals surface area contributed by atoms with E-state index in [4.69, 9.17) is 15.2 Å². The highest BCUT2D eigenvalue weighted by molar-refractivity contribution is 4.84. The van der Waals surface area contributed by atoms with Crippen molar-refractivity contribution in [2.75, 3.05) is 13.7 Å². The molecule has 1 aromatic heterocycles. The molecule has 0 bridgehead atoms. The summed E-state index contributed by atoms with van der Waals surface area (Å²) in [5.41, 5.74) is 0. The maximum Gasteiger partial charge on any atom is 0.254 e. The van der Waals surface area contributed by atoms with Crippen LogP contribution in [0.4, 0.5) is 0 Å². The first kappa shape index (κ1) is 10.1. The maximum atomic E-state index is 4.89. The van der Waals surface area contributed by atoms with Crippen LogP contribution < -0.4 is 5.90 Å². The molecule has 1 rings (SSSR count). The monoisotopic (exact) mass is 187 g/mol. The number of methoxy groups -OCH3 is 1. The molecular weight excluding hydrogens is 174 g/mol. The van der Waals surface area contributed by atoms with Crippen molar-refractivity contribution < 1.29 is 14.1 Å². The van der Waals surface area contributed by atoms with Crippen LogP contribution in [0.3, 0.4) is 0 Å². The largest absolute Gasteiger partial charge is 0.385 e. The quantitative estimate of drug-likeness (QED) is 0.500. The van der Waals surface area contributed by atoms with Crippen molar-refractivity contribution in [3.8, 4) is 0 Å². The number of hydrogen-bond donors (Lipinski definition) is 1. The molecule has 0 aliphatic heterocycles. The van der Waals surface area contributed by atoms with Gasteiger partial charge < -0.3 is 9.26 Å². The lowest BCUT2D eigenvalue weighted by Crippen LogP contribution is -1.99. The van der Waals surface area contributed by atoms with E-state index in [1.165, 1.54) is 0 Å². The van der Waals surface area contributed by atoms with E-state index in [0.717, 1.165) is 12.8 Å². The van der Waals surface area contributed by atoms with E-state index in [9.17, 15) is 0 Å². The zero-order chi connectivity index (χ0) is 9.52. The van der Waals surface area contributed by atoms with Gasteiger partial charge in [-0.05, 0) is 6.42 Å². The van der Waals surface area contributed by atoms with Crippen LogP contribution in [-0.4, -0.2) is 23.9 Å². The van der Waals surface area contributed by atoms with Gasteiger partial charge in [-0.25, -0.2) is 5.90 Å². The lowest BCUT2D eigenvalue weighted by Gasteiger charge is -1.93. The number of ether oxygens (including phenoxy) is 1. The van der Waals surface area contributed by atoms with Gasteiger partial charge in [0.2, 0.25) is 0 Å². The summed E-state index contributed by atoms with van der Waals surface area (Å²) in [4.78, 5) is 8.38. The van der Waals surface area contributed by atoms with Gasteiger partial charge in [-0.2, -0.15) is 4.98 Å². The molecule has 0 saturated carbocycles. The third-order valence-corrected chi connectivity index (χ3v) is 1.47. The van der Waals surface area contributed by atoms with Gasteiger partial charge >= 0.3 is 0 Å². The fourth-order valence-corrected chi connectivity index (χ4v) is 0.896. The Kier molecular flexibility index (Phi) is 4.37. The minimum Gasteiger partial charge on any atom is -0.385 e. The van der Waals surface area contributed by atoms with E-state index >= 15 is 0 Å². The highest BCUT2D eigenvalue weighted by Gasteiger charge is 2.04. The summed E-state index contributed by atoms with van der Waals surface area (Å²) in [7, 11) is 1.66. The van der Waals surface area contributed by atoms with Gasteiger partial charge in [-0.1, -0.05) is 5.16 Å². The van der Waals surface area contributed by atoms with Gasteiger partial charge in [-0.15, -0.1) is 0 Å². The number of rotatable bonds is 6. The summed E-state index contributed by atoms with van der Waals surface area (Å²) in [6.07, 6.45) is 1.61. The second kappa shape index (κ2) is 5.63. The van der Waals surface area contributed by atoms with Crippen molar-refractivity contribution in [1.29, 1.82) is 0 Å². The molecule has 0 radical (unpaired) electrons. The third kappa shape index (κ3) is 3.49. The van der Waals surface area contributed by atoms with Crippen LogP contribution in [0.2, 0.25) is 0 Å². The maximum absolute atomic E-state index is 4.89. The van der Waals surface area contributed by atoms with Gasteiger partial charge in [0.1, 0.15) is 6.61 Å². The van der Waals surface area contributed by atoms with Crippen molar-refractivity contribution in [1.82, 2.24) is 10.1 Å². The topological polar surface area (TPSA) is 83.4 Å². The summed E-state index contributed by atoms with van der Waals surface area (Å²) in [5.74, 6) is 5.90. The first-order valence-corrected chi connectivity index (χ1v) is 3.99. The minimum atomic E-state index is 0.150. The van der Waals surface area contributed by atoms with Gasteiger partial charge in [0, 0.05) is 20.1 Å². The van der Waals surface area contributed by atoms with Crippen LogP contribution in [-0.2, 0) is 22.6 Å². The van der Waals surface area contributed by atoms with E-state index in [1.807, 2.05) is 0 Å². The number of aromatic nitrogens is 2. The van der Waals surface area contributed by atoms with Crippen molar-refractivity contribution in [3.05, 3.63) is 11.7 Å². The first-order chi connectivity index (χ1) is 6.36. The number of nitrogens with zero attached hydrogens (tertiary/aromatic N) is 2. The normalized spacial score (nSPS) is 10.6. The molecule has 0 aromatic carbocycles. The Morgan fingerprint density at radius 3 is 3.08 bits per heavy atom. The highest BCUT2D eigenvalue weighted by Crippen LogP contribution is 2.00. The second-order valence-corrected chi connectivity index (χ2v) is 2.51. The van der Waals surface area contributed by atoms with Crippen molar-refractivity contribution in [2.45, 2.75) is 19.4 Å². The van der Waals surface area contributed by atoms with E-state index in [-0.39, 0.29) is 6.61 Å². The number of hydrogen-bond acceptors (Lipinski definition) is 6. The van der Waals surface area contributed by atoms with Crippen LogP contribution in [0.1, 0.15) is 18.1 Å². The Bertz CT molecular complexity index is 239. The summed E-state index contributed by atoms with van der Waals surface area (Å²) < 4.78 is 9.72. The van der Waals surface area contributed by atoms with Gasteiger partial charge in [0.05, 0.1) is 0 Å². The molecule has 0 saturated heterocycles. The Hall–Kier alpha value is -0.980. The SMILES string of the molecule is COCCCc1noc(CON)n1. The zero-order valence-corrected chi connectivity index (χ0v) is 7.52. The molecule has 0 atom stereocenters. The fraction of sp³-hybridized carbons (Fsp3) is 0.714. The lowest BCUT2D eigenvalue weighted by atomic mass is 10.3. The number of aryl methyl sites for hydroxylation is 1. The molecular formula is C7H13N3O3. The molecule has 13 heavy (non-hydrogen) atoms. The Morgan fingerprint density at radius 1 is 1.54 bits per heavy atom. The Labute approximate surface area is 76.0 Å². The lowest BCUT2D eigenvalue weighted by molar-refractivity contribution is 0.0995. The van der Waals surface area contributed by atoms with E-state index in [1.54, 1.807) is 7.11 Å². The Balaban J connectivity index is 2.31. The molecule has 1 aromatic rings. The smallest absolute Gasteiger partial charge is 0.254 e. The molecule has 1 heterocycles. The average Bonchev–Trinajstić information content (AvgIpc) is 2.54. The van der Waals surface area contributed by atoms with Crippen LogP contribution in [0.15, 0.2) is 4.52 Å². The summed E-state index contributed by atoms with van der Waals surface area (Å²) >= 11 is 0. The molecule has 0 fully saturated rings. The molecule has 0 aliphatic rings. The predicted octanol–water partition coefficient (Wildman–Crippen LogP) is 0.0389. The van der Waals surface area contributed by atoms with Gasteiger partial charge in [0.25, 0.3) is 5.89 Å². The third-order valence-electron chi connectivity index (χ3n) is 1.47. The van der Waals surface area contributed by atoms with Gasteiger partial charge in [-0.3, -0.25) is 4.84 Å². The Morgan fingerprint density at radius 2 is 2.38 bits per heavy atom. The van der Waals surface area contributed by atoms with Gasteiger partial charge in [0.15, 0.2) is 5.82 Å². The summed E-state index contributed by atoms with van der Waals surface area (Å²) in [5, 5.41) is 3.73. The summed E-state index contributed by atoms with van der Waals surface area (Å²) in [6.45, 7) is 0.842. The molecule has 0 spiro atoms. The van der Waals surface area contributed by atoms with E-state index < -0.39 is 0 Å². The van der Waals surface area contributed by atoms with Crippen LogP contribution in [0.5, 0.6) is 0 Å². The van der Waals surface area contributed by atoms with E-state index in [2.05, 4.69) is 15.0 Å². The van der Waals surface area contributed by atoms with Crippen molar-refractivity contribution >= 4 is 0 Å². The standard InChI is InChI=1S/C7H13N3O3/c1-11-4-2-3-6-9-7(5-12-8)13-10-6/h2-5,8H2,1H3. The molecule has 0 amide bonds.